The zero-order chi connectivity index (χ0) is 37.6. The molecule has 1 aliphatic heterocycles. The number of ether oxygens (including phenoxy) is 1. The summed E-state index contributed by atoms with van der Waals surface area (Å²) in [4.78, 5) is 91.1. The number of nitrogens with zero attached hydrogens (tertiary/aromatic N) is 2. The van der Waals surface area contributed by atoms with Gasteiger partial charge < -0.3 is 20.3 Å². The second-order valence-corrected chi connectivity index (χ2v) is 13.2. The molecule has 2 atom stereocenters. The summed E-state index contributed by atoms with van der Waals surface area (Å²) in [5.74, 6) is -2.50. The van der Waals surface area contributed by atoms with Gasteiger partial charge in [0.05, 0.1) is 0 Å². The molecule has 0 bridgehead atoms. The number of Topliss-reactive ketones (excluding diaryl/α,β-unsaturated/α-hetero) is 2. The Labute approximate surface area is 300 Å². The van der Waals surface area contributed by atoms with Crippen molar-refractivity contribution in [2.45, 2.75) is 77.5 Å². The number of rotatable bonds is 15. The number of benzene rings is 3. The lowest BCUT2D eigenvalue weighted by atomic mass is 9.94. The van der Waals surface area contributed by atoms with Crippen LogP contribution in [0.4, 0.5) is 14.9 Å². The summed E-state index contributed by atoms with van der Waals surface area (Å²) in [6.07, 6.45) is 0.339. The van der Waals surface area contributed by atoms with Gasteiger partial charge in [0, 0.05) is 68.6 Å². The molecule has 12 nitrogen and oxygen atoms in total. The van der Waals surface area contributed by atoms with Gasteiger partial charge in [-0.2, -0.15) is 0 Å². The number of halogens is 1. The second-order valence-electron chi connectivity index (χ2n) is 13.2. The van der Waals surface area contributed by atoms with Crippen LogP contribution in [0.15, 0.2) is 66.7 Å². The third-order valence-electron chi connectivity index (χ3n) is 9.37. The molecule has 1 heterocycles. The molecular weight excluding hydrogens is 671 g/mol. The summed E-state index contributed by atoms with van der Waals surface area (Å²) in [6.45, 7) is 3.94. The molecule has 2 N–H and O–H groups in total. The van der Waals surface area contributed by atoms with Gasteiger partial charge in [-0.25, -0.2) is 14.1 Å². The first-order valence-corrected chi connectivity index (χ1v) is 17.1. The largest absolute Gasteiger partial charge is 0.427 e. The van der Waals surface area contributed by atoms with E-state index in [1.807, 2.05) is 0 Å². The molecule has 52 heavy (non-hydrogen) atoms. The highest BCUT2D eigenvalue weighted by Gasteiger charge is 2.58. The molecule has 0 radical (unpaired) electrons. The third kappa shape index (κ3) is 8.76. The lowest BCUT2D eigenvalue weighted by molar-refractivity contribution is -0.143. The highest BCUT2D eigenvalue weighted by atomic mass is 19.1. The van der Waals surface area contributed by atoms with Crippen molar-refractivity contribution in [1.82, 2.24) is 15.1 Å². The van der Waals surface area contributed by atoms with E-state index in [1.54, 1.807) is 49.4 Å². The van der Waals surface area contributed by atoms with E-state index in [4.69, 9.17) is 4.74 Å². The van der Waals surface area contributed by atoms with E-state index in [9.17, 15) is 38.0 Å². The average Bonchev–Trinajstić information content (AvgIpc) is 3.59. The summed E-state index contributed by atoms with van der Waals surface area (Å²) < 4.78 is 19.3. The van der Waals surface area contributed by atoms with E-state index >= 15 is 0 Å². The van der Waals surface area contributed by atoms with Gasteiger partial charge in [-0.1, -0.05) is 42.5 Å². The Kier molecular flexibility index (Phi) is 11.6. The van der Waals surface area contributed by atoms with Crippen LogP contribution in [-0.4, -0.2) is 70.2 Å². The van der Waals surface area contributed by atoms with Crippen molar-refractivity contribution >= 4 is 47.0 Å². The summed E-state index contributed by atoms with van der Waals surface area (Å²) in [5, 5.41) is 5.46. The molecule has 5 rings (SSSR count). The van der Waals surface area contributed by atoms with Gasteiger partial charge in [0.15, 0.2) is 5.78 Å². The molecule has 0 unspecified atom stereocenters. The minimum atomic E-state index is -1.58. The van der Waals surface area contributed by atoms with Crippen molar-refractivity contribution in [1.29, 1.82) is 0 Å². The molecule has 272 valence electrons. The Bertz CT molecular complexity index is 1890. The normalized spacial score (nSPS) is 16.7. The first kappa shape index (κ1) is 37.5. The Morgan fingerprint density at radius 3 is 2.29 bits per heavy atom. The van der Waals surface area contributed by atoms with Gasteiger partial charge in [-0.15, -0.1) is 0 Å². The molecule has 1 fully saturated rings. The molecule has 0 aromatic heterocycles. The highest BCUT2D eigenvalue weighted by molar-refractivity contribution is 6.06. The molecule has 1 spiro atoms. The molecule has 1 aliphatic carbocycles. The number of imide groups is 1. The maximum absolute atomic E-state index is 13.8. The van der Waals surface area contributed by atoms with Gasteiger partial charge in [-0.3, -0.25) is 28.8 Å². The number of anilines is 1. The quantitative estimate of drug-likeness (QED) is 0.216. The summed E-state index contributed by atoms with van der Waals surface area (Å²) >= 11 is 0. The molecule has 5 amide bonds. The Hall–Kier alpha value is -5.72. The number of carbonyl (C=O) groups is 7. The van der Waals surface area contributed by atoms with E-state index in [0.717, 1.165) is 16.0 Å². The SMILES string of the molecule is CC(=O)Nc1ccc2c(c1)CC[C@@]21OC(=O)N(CC(=O)N(Cc2ccc(F)cc2)[C@@H](C)CNC(=O)CCC(=O)CCc2ccc(C(C)=O)cc2)C1=O. The zero-order valence-corrected chi connectivity index (χ0v) is 29.3. The number of fused-ring (bicyclic) bond motifs is 2. The first-order valence-electron chi connectivity index (χ1n) is 17.1. The fourth-order valence-electron chi connectivity index (χ4n) is 6.46. The van der Waals surface area contributed by atoms with Crippen molar-refractivity contribution in [3.8, 4) is 0 Å². The van der Waals surface area contributed by atoms with E-state index in [1.165, 1.54) is 43.0 Å². The average molecular weight is 713 g/mol. The van der Waals surface area contributed by atoms with Crippen molar-refractivity contribution in [2.24, 2.45) is 0 Å². The minimum Gasteiger partial charge on any atom is -0.427 e. The number of carbonyl (C=O) groups excluding carboxylic acids is 7. The third-order valence-corrected chi connectivity index (χ3v) is 9.37. The van der Waals surface area contributed by atoms with Gasteiger partial charge in [0.2, 0.25) is 23.3 Å². The smallest absolute Gasteiger partial charge is 0.418 e. The van der Waals surface area contributed by atoms with Crippen LogP contribution < -0.4 is 10.6 Å². The second kappa shape index (κ2) is 16.1. The molecule has 2 aliphatic rings. The Morgan fingerprint density at radius 2 is 1.62 bits per heavy atom. The number of aryl methyl sites for hydroxylation is 2. The molecular formula is C39H41FN4O8. The summed E-state index contributed by atoms with van der Waals surface area (Å²) in [6, 6.07) is 16.9. The topological polar surface area (TPSA) is 159 Å². The van der Waals surface area contributed by atoms with E-state index < -0.39 is 41.9 Å². The van der Waals surface area contributed by atoms with Crippen molar-refractivity contribution < 1.29 is 42.7 Å². The summed E-state index contributed by atoms with van der Waals surface area (Å²) in [5.41, 5.74) is 2.29. The van der Waals surface area contributed by atoms with E-state index in [-0.39, 0.29) is 62.2 Å². The molecule has 3 aromatic rings. The van der Waals surface area contributed by atoms with Crippen LogP contribution in [0.3, 0.4) is 0 Å². The van der Waals surface area contributed by atoms with Crippen LogP contribution >= 0.6 is 0 Å². The number of hydrogen-bond donors (Lipinski definition) is 2. The number of amides is 5. The molecule has 0 saturated carbocycles. The molecule has 1 saturated heterocycles. The lowest BCUT2D eigenvalue weighted by Crippen LogP contribution is -2.50. The van der Waals surface area contributed by atoms with Gasteiger partial charge in [-0.05, 0) is 67.6 Å². The van der Waals surface area contributed by atoms with Gasteiger partial charge in [0.1, 0.15) is 18.1 Å². The van der Waals surface area contributed by atoms with Crippen LogP contribution in [-0.2, 0) is 53.7 Å². The predicted octanol–water partition coefficient (Wildman–Crippen LogP) is 4.62. The standard InChI is InChI=1S/C39H41FN4O8/c1-24(21-41-35(48)17-15-33(47)14-8-27-4-9-29(10-5-27)25(2)45)43(22-28-6-11-31(40)12-7-28)36(49)23-44-37(50)39(52-38(44)51)19-18-30-20-32(42-26(3)46)13-16-34(30)39/h4-7,9-13,16,20,24H,8,14-15,17-19,21-23H2,1-3H3,(H,41,48)(H,42,46)/t24-,39+/m0/s1. The number of hydrogen-bond acceptors (Lipinski definition) is 8. The fraction of sp³-hybridized carbons (Fsp3) is 0.359. The Morgan fingerprint density at radius 1 is 0.923 bits per heavy atom. The number of nitrogens with one attached hydrogen (secondary N) is 2. The summed E-state index contributed by atoms with van der Waals surface area (Å²) in [7, 11) is 0. The van der Waals surface area contributed by atoms with E-state index in [0.29, 0.717) is 35.2 Å². The van der Waals surface area contributed by atoms with Crippen LogP contribution in [0.1, 0.15) is 79.1 Å². The monoisotopic (exact) mass is 712 g/mol. The lowest BCUT2D eigenvalue weighted by Gasteiger charge is -2.31. The fourth-order valence-corrected chi connectivity index (χ4v) is 6.46. The first-order chi connectivity index (χ1) is 24.7. The van der Waals surface area contributed by atoms with Crippen LogP contribution in [0.2, 0.25) is 0 Å². The van der Waals surface area contributed by atoms with Crippen molar-refractivity contribution in [3.63, 3.8) is 0 Å². The van der Waals surface area contributed by atoms with Crippen LogP contribution in [0.25, 0.3) is 0 Å². The van der Waals surface area contributed by atoms with Crippen LogP contribution in [0, 0.1) is 5.82 Å². The number of ketones is 2. The van der Waals surface area contributed by atoms with Crippen molar-refractivity contribution in [3.05, 3.63) is 100 Å². The van der Waals surface area contributed by atoms with Gasteiger partial charge in [0.25, 0.3) is 5.91 Å². The zero-order valence-electron chi connectivity index (χ0n) is 29.3. The van der Waals surface area contributed by atoms with Crippen molar-refractivity contribution in [2.75, 3.05) is 18.4 Å². The minimum absolute atomic E-state index is 0.000980. The maximum Gasteiger partial charge on any atom is 0.418 e. The predicted molar refractivity (Wildman–Crippen MR) is 187 cm³/mol. The molecule has 13 heteroatoms. The van der Waals surface area contributed by atoms with E-state index in [2.05, 4.69) is 10.6 Å². The molecule has 3 aromatic carbocycles. The van der Waals surface area contributed by atoms with Gasteiger partial charge >= 0.3 is 6.09 Å². The highest BCUT2D eigenvalue weighted by Crippen LogP contribution is 2.46. The maximum atomic E-state index is 13.8. The Balaban J connectivity index is 1.19. The van der Waals surface area contributed by atoms with Crippen LogP contribution in [0.5, 0.6) is 0 Å².